The van der Waals surface area contributed by atoms with E-state index in [0.717, 1.165) is 28.8 Å². The van der Waals surface area contributed by atoms with E-state index in [1.165, 1.54) is 0 Å². The maximum absolute atomic E-state index is 6.14. The highest BCUT2D eigenvalue weighted by Gasteiger charge is 2.11. The Labute approximate surface area is 108 Å². The number of rotatable bonds is 1. The van der Waals surface area contributed by atoms with Crippen molar-refractivity contribution in [3.05, 3.63) is 40.4 Å². The first kappa shape index (κ1) is 10.8. The van der Waals surface area contributed by atoms with Crippen molar-refractivity contribution in [2.24, 2.45) is 0 Å². The van der Waals surface area contributed by atoms with Crippen LogP contribution in [-0.4, -0.2) is 14.4 Å². The van der Waals surface area contributed by atoms with Crippen LogP contribution in [0.15, 0.2) is 24.4 Å². The smallest absolute Gasteiger partial charge is 0.155 e. The van der Waals surface area contributed by atoms with Crippen LogP contribution in [0.25, 0.3) is 16.6 Å². The monoisotopic (exact) mass is 265 g/mol. The zero-order valence-electron chi connectivity index (χ0n) is 9.11. The largest absolute Gasteiger partial charge is 0.292 e. The normalized spacial score (nSPS) is 11.5. The van der Waals surface area contributed by atoms with Crippen molar-refractivity contribution in [1.82, 2.24) is 14.4 Å². The summed E-state index contributed by atoms with van der Waals surface area (Å²) in [6, 6.07) is 5.55. The first-order valence-electron chi connectivity index (χ1n) is 5.32. The molecule has 0 saturated carbocycles. The third-order valence-corrected chi connectivity index (χ3v) is 3.27. The second-order valence-electron chi connectivity index (χ2n) is 3.78. The van der Waals surface area contributed by atoms with Crippen LogP contribution < -0.4 is 0 Å². The lowest BCUT2D eigenvalue weighted by atomic mass is 10.3. The number of aryl methyl sites for hydroxylation is 1. The van der Waals surface area contributed by atoms with Crippen LogP contribution in [0.1, 0.15) is 12.7 Å². The van der Waals surface area contributed by atoms with Gasteiger partial charge in [0.2, 0.25) is 0 Å². The molecule has 0 aliphatic rings. The summed E-state index contributed by atoms with van der Waals surface area (Å²) in [5.41, 5.74) is 2.57. The molecular formula is C12H9Cl2N3. The highest BCUT2D eigenvalue weighted by Crippen LogP contribution is 2.25. The zero-order valence-corrected chi connectivity index (χ0v) is 10.6. The average Bonchev–Trinajstić information content (AvgIpc) is 2.75. The molecule has 0 unspecified atom stereocenters. The van der Waals surface area contributed by atoms with Gasteiger partial charge in [0.05, 0.1) is 17.2 Å². The Balaban J connectivity index is 2.58. The van der Waals surface area contributed by atoms with Gasteiger partial charge in [0.25, 0.3) is 0 Å². The zero-order chi connectivity index (χ0) is 12.0. The lowest BCUT2D eigenvalue weighted by Gasteiger charge is -2.06. The summed E-state index contributed by atoms with van der Waals surface area (Å²) in [6.45, 7) is 2.06. The maximum atomic E-state index is 6.14. The highest BCUT2D eigenvalue weighted by atomic mass is 35.5. The van der Waals surface area contributed by atoms with Gasteiger partial charge in [-0.25, -0.2) is 9.97 Å². The van der Waals surface area contributed by atoms with Crippen LogP contribution in [0.3, 0.4) is 0 Å². The minimum Gasteiger partial charge on any atom is -0.292 e. The van der Waals surface area contributed by atoms with Crippen molar-refractivity contribution in [2.75, 3.05) is 0 Å². The van der Waals surface area contributed by atoms with Crippen molar-refractivity contribution >= 4 is 39.8 Å². The minimum atomic E-state index is 0.465. The van der Waals surface area contributed by atoms with Gasteiger partial charge in [-0.2, -0.15) is 0 Å². The molecular weight excluding hydrogens is 257 g/mol. The molecule has 2 aromatic heterocycles. The minimum absolute atomic E-state index is 0.465. The van der Waals surface area contributed by atoms with Crippen LogP contribution in [0.4, 0.5) is 0 Å². The van der Waals surface area contributed by atoms with Gasteiger partial charge < -0.3 is 0 Å². The van der Waals surface area contributed by atoms with Crippen molar-refractivity contribution in [2.45, 2.75) is 13.3 Å². The predicted molar refractivity (Wildman–Crippen MR) is 69.9 cm³/mol. The summed E-state index contributed by atoms with van der Waals surface area (Å²) in [6.07, 6.45) is 2.57. The molecule has 1 aromatic carbocycles. The van der Waals surface area contributed by atoms with E-state index in [4.69, 9.17) is 23.2 Å². The fourth-order valence-electron chi connectivity index (χ4n) is 1.99. The Bertz CT molecular complexity index is 718. The molecule has 2 heterocycles. The molecule has 0 bridgehead atoms. The molecule has 0 saturated heterocycles. The summed E-state index contributed by atoms with van der Waals surface area (Å²) >= 11 is 12.2. The van der Waals surface area contributed by atoms with Gasteiger partial charge in [0.1, 0.15) is 11.3 Å². The average molecular weight is 266 g/mol. The maximum Gasteiger partial charge on any atom is 0.155 e. The van der Waals surface area contributed by atoms with Crippen molar-refractivity contribution in [1.29, 1.82) is 0 Å². The number of imidazole rings is 1. The highest BCUT2D eigenvalue weighted by molar-refractivity contribution is 6.33. The summed E-state index contributed by atoms with van der Waals surface area (Å²) in [7, 11) is 0. The number of aromatic nitrogens is 3. The molecule has 0 aliphatic heterocycles. The van der Waals surface area contributed by atoms with Gasteiger partial charge >= 0.3 is 0 Å². The number of nitrogens with zero attached hydrogens (tertiary/aromatic N) is 3. The summed E-state index contributed by atoms with van der Waals surface area (Å²) in [4.78, 5) is 8.69. The lowest BCUT2D eigenvalue weighted by Crippen LogP contribution is -1.97. The quantitative estimate of drug-likeness (QED) is 0.671. The van der Waals surface area contributed by atoms with Crippen LogP contribution >= 0.6 is 23.2 Å². The molecule has 0 spiro atoms. The van der Waals surface area contributed by atoms with Gasteiger partial charge in [0, 0.05) is 11.4 Å². The molecule has 0 amide bonds. The van der Waals surface area contributed by atoms with Crippen molar-refractivity contribution in [3.8, 4) is 0 Å². The third kappa shape index (κ3) is 1.58. The first-order chi connectivity index (χ1) is 8.20. The number of fused-ring (bicyclic) bond motifs is 3. The molecule has 3 aromatic rings. The van der Waals surface area contributed by atoms with Crippen LogP contribution in [0.2, 0.25) is 10.2 Å². The van der Waals surface area contributed by atoms with E-state index in [1.54, 1.807) is 6.20 Å². The summed E-state index contributed by atoms with van der Waals surface area (Å²) < 4.78 is 2.01. The summed E-state index contributed by atoms with van der Waals surface area (Å²) in [5.74, 6) is 0.955. The topological polar surface area (TPSA) is 30.2 Å². The van der Waals surface area contributed by atoms with E-state index < -0.39 is 0 Å². The van der Waals surface area contributed by atoms with Gasteiger partial charge in [-0.1, -0.05) is 30.1 Å². The number of benzene rings is 1. The van der Waals surface area contributed by atoms with Crippen molar-refractivity contribution in [3.63, 3.8) is 0 Å². The standard InChI is InChI=1S/C12H9Cl2N3/c1-2-11-15-6-10-12(14)16-8-4-3-7(13)5-9(8)17(10)11/h3-6H,2H2,1H3. The van der Waals surface area contributed by atoms with E-state index in [0.29, 0.717) is 10.2 Å². The van der Waals surface area contributed by atoms with Crippen LogP contribution in [-0.2, 0) is 6.42 Å². The number of hydrogen-bond acceptors (Lipinski definition) is 2. The van der Waals surface area contributed by atoms with E-state index in [9.17, 15) is 0 Å². The summed E-state index contributed by atoms with van der Waals surface area (Å²) in [5, 5.41) is 1.14. The van der Waals surface area contributed by atoms with E-state index in [1.807, 2.05) is 22.6 Å². The molecule has 0 fully saturated rings. The van der Waals surface area contributed by atoms with Gasteiger partial charge in [-0.3, -0.25) is 4.40 Å². The SMILES string of the molecule is CCc1ncc2c(Cl)nc3ccc(Cl)cc3n12. The van der Waals surface area contributed by atoms with E-state index in [2.05, 4.69) is 16.9 Å². The number of halogens is 2. The Kier molecular flexibility index (Phi) is 2.45. The van der Waals surface area contributed by atoms with Gasteiger partial charge in [-0.05, 0) is 18.2 Å². The molecule has 5 heteroatoms. The second-order valence-corrected chi connectivity index (χ2v) is 4.58. The number of hydrogen-bond donors (Lipinski definition) is 0. The van der Waals surface area contributed by atoms with E-state index in [-0.39, 0.29) is 0 Å². The molecule has 3 nitrogen and oxygen atoms in total. The van der Waals surface area contributed by atoms with Crippen LogP contribution in [0.5, 0.6) is 0 Å². The third-order valence-electron chi connectivity index (χ3n) is 2.76. The fraction of sp³-hybridized carbons (Fsp3) is 0.167. The van der Waals surface area contributed by atoms with E-state index >= 15 is 0 Å². The fourth-order valence-corrected chi connectivity index (χ4v) is 2.38. The second kappa shape index (κ2) is 3.86. The molecule has 0 radical (unpaired) electrons. The van der Waals surface area contributed by atoms with Crippen LogP contribution in [0, 0.1) is 0 Å². The lowest BCUT2D eigenvalue weighted by molar-refractivity contribution is 0.950. The van der Waals surface area contributed by atoms with Gasteiger partial charge in [0.15, 0.2) is 5.15 Å². The molecule has 0 atom stereocenters. The predicted octanol–water partition coefficient (Wildman–Crippen LogP) is 3.75. The first-order valence-corrected chi connectivity index (χ1v) is 6.07. The molecule has 17 heavy (non-hydrogen) atoms. The van der Waals surface area contributed by atoms with Gasteiger partial charge in [-0.15, -0.1) is 0 Å². The molecule has 86 valence electrons. The van der Waals surface area contributed by atoms with Crippen molar-refractivity contribution < 1.29 is 0 Å². The molecule has 3 rings (SSSR count). The Morgan fingerprint density at radius 2 is 2.06 bits per heavy atom. The Morgan fingerprint density at radius 3 is 2.82 bits per heavy atom. The Hall–Kier alpha value is -1.32. The molecule has 0 aliphatic carbocycles. The Morgan fingerprint density at radius 1 is 1.24 bits per heavy atom. The molecule has 0 N–H and O–H groups in total.